The van der Waals surface area contributed by atoms with Crippen molar-refractivity contribution >= 4 is 10.0 Å². The molecule has 0 bridgehead atoms. The average molecular weight is 417 g/mol. The molecule has 0 aliphatic rings. The van der Waals surface area contributed by atoms with Gasteiger partial charge in [-0.3, -0.25) is 0 Å². The summed E-state index contributed by atoms with van der Waals surface area (Å²) in [5.41, 5.74) is -3.40. The molecule has 0 aliphatic heterocycles. The Bertz CT molecular complexity index is 1190. The highest BCUT2D eigenvalue weighted by atomic mass is 32.2. The molecule has 28 heavy (non-hydrogen) atoms. The fraction of sp³-hybridized carbons (Fsp3) is 0. The minimum atomic E-state index is -4.50. The zero-order valence-electron chi connectivity index (χ0n) is 13.6. The summed E-state index contributed by atoms with van der Waals surface area (Å²) in [7, 11) is -4.50. The van der Waals surface area contributed by atoms with E-state index in [9.17, 15) is 34.8 Å². The van der Waals surface area contributed by atoms with Crippen LogP contribution < -0.4 is 5.14 Å². The van der Waals surface area contributed by atoms with Crippen LogP contribution in [0.25, 0.3) is 22.3 Å². The highest BCUT2D eigenvalue weighted by Crippen LogP contribution is 2.41. The molecule has 3 aromatic carbocycles. The van der Waals surface area contributed by atoms with Crippen LogP contribution in [0.3, 0.4) is 0 Å². The number of sulfonamides is 1. The van der Waals surface area contributed by atoms with Crippen molar-refractivity contribution in [1.29, 1.82) is 0 Å². The smallest absolute Gasteiger partial charge is 0.225 e. The molecular formula is C18H9F6NO2S. The first-order chi connectivity index (χ1) is 13.0. The predicted octanol–water partition coefficient (Wildman–Crippen LogP) is 4.50. The van der Waals surface area contributed by atoms with Crippen LogP contribution in [-0.2, 0) is 10.0 Å². The van der Waals surface area contributed by atoms with E-state index >= 15 is 0 Å². The number of halogens is 6. The summed E-state index contributed by atoms with van der Waals surface area (Å²) in [5.74, 6) is -10.8. The number of primary sulfonamides is 1. The molecule has 0 heterocycles. The molecule has 3 rings (SSSR count). The number of hydrogen-bond donors (Lipinski definition) is 1. The van der Waals surface area contributed by atoms with Crippen LogP contribution in [0.15, 0.2) is 47.4 Å². The lowest BCUT2D eigenvalue weighted by molar-refractivity contribution is 0.412. The van der Waals surface area contributed by atoms with E-state index in [4.69, 9.17) is 5.14 Å². The summed E-state index contributed by atoms with van der Waals surface area (Å²) in [6.45, 7) is 0. The predicted molar refractivity (Wildman–Crippen MR) is 88.4 cm³/mol. The van der Waals surface area contributed by atoms with E-state index in [1.165, 1.54) is 12.1 Å². The topological polar surface area (TPSA) is 60.2 Å². The summed E-state index contributed by atoms with van der Waals surface area (Å²) < 4.78 is 108. The summed E-state index contributed by atoms with van der Waals surface area (Å²) in [4.78, 5) is -0.725. The summed E-state index contributed by atoms with van der Waals surface area (Å²) in [5, 5.41) is 5.06. The van der Waals surface area contributed by atoms with E-state index < -0.39 is 72.1 Å². The average Bonchev–Trinajstić information content (AvgIpc) is 2.61. The lowest BCUT2D eigenvalue weighted by atomic mass is 9.92. The second kappa shape index (κ2) is 6.95. The van der Waals surface area contributed by atoms with Gasteiger partial charge in [-0.05, 0) is 23.8 Å². The third kappa shape index (κ3) is 3.36. The zero-order chi connectivity index (χ0) is 20.8. The summed E-state index contributed by atoms with van der Waals surface area (Å²) >= 11 is 0. The molecule has 3 aromatic rings. The van der Waals surface area contributed by atoms with Crippen LogP contribution in [0, 0.1) is 34.9 Å². The van der Waals surface area contributed by atoms with Crippen LogP contribution in [0.4, 0.5) is 26.3 Å². The third-order valence-corrected chi connectivity index (χ3v) is 4.85. The molecule has 0 atom stereocenters. The molecule has 2 N–H and O–H groups in total. The van der Waals surface area contributed by atoms with Crippen LogP contribution in [0.1, 0.15) is 0 Å². The van der Waals surface area contributed by atoms with E-state index in [1.54, 1.807) is 0 Å². The highest BCUT2D eigenvalue weighted by molar-refractivity contribution is 7.89. The van der Waals surface area contributed by atoms with Gasteiger partial charge in [-0.1, -0.05) is 18.2 Å². The van der Waals surface area contributed by atoms with Gasteiger partial charge in [0, 0.05) is 22.8 Å². The van der Waals surface area contributed by atoms with Crippen molar-refractivity contribution in [2.75, 3.05) is 0 Å². The van der Waals surface area contributed by atoms with Crippen molar-refractivity contribution in [3.05, 3.63) is 77.4 Å². The normalized spacial score (nSPS) is 11.7. The van der Waals surface area contributed by atoms with Gasteiger partial charge < -0.3 is 0 Å². The largest absolute Gasteiger partial charge is 0.238 e. The van der Waals surface area contributed by atoms with Crippen molar-refractivity contribution < 1.29 is 34.8 Å². The highest BCUT2D eigenvalue weighted by Gasteiger charge is 2.30. The van der Waals surface area contributed by atoms with Crippen LogP contribution in [0.2, 0.25) is 0 Å². The third-order valence-electron chi connectivity index (χ3n) is 3.88. The second-order valence-electron chi connectivity index (χ2n) is 5.71. The van der Waals surface area contributed by atoms with Crippen molar-refractivity contribution in [2.45, 2.75) is 4.90 Å². The van der Waals surface area contributed by atoms with Gasteiger partial charge in [0.25, 0.3) is 0 Å². The Kier molecular flexibility index (Phi) is 4.94. The SMILES string of the molecule is NS(=O)(=O)c1ccccc1-c1c(F)c(F)c(F)c(F)c1-c1cc(F)cc(F)c1. The Labute approximate surface area is 155 Å². The zero-order valence-corrected chi connectivity index (χ0v) is 14.4. The van der Waals surface area contributed by atoms with E-state index in [1.807, 2.05) is 0 Å². The number of hydrogen-bond acceptors (Lipinski definition) is 2. The van der Waals surface area contributed by atoms with Crippen molar-refractivity contribution in [3.8, 4) is 22.3 Å². The first-order valence-corrected chi connectivity index (χ1v) is 9.01. The molecule has 0 aliphatic carbocycles. The molecule has 0 aromatic heterocycles. The van der Waals surface area contributed by atoms with E-state index in [0.29, 0.717) is 18.2 Å². The van der Waals surface area contributed by atoms with Gasteiger partial charge in [0.2, 0.25) is 10.0 Å². The fourth-order valence-electron chi connectivity index (χ4n) is 2.78. The number of benzene rings is 3. The summed E-state index contributed by atoms with van der Waals surface area (Å²) in [6, 6.07) is 5.85. The van der Waals surface area contributed by atoms with E-state index in [0.717, 1.165) is 12.1 Å². The Morgan fingerprint density at radius 3 is 1.71 bits per heavy atom. The molecule has 0 amide bonds. The quantitative estimate of drug-likeness (QED) is 0.388. The first-order valence-electron chi connectivity index (χ1n) is 7.47. The molecule has 0 radical (unpaired) electrons. The molecule has 10 heteroatoms. The minimum Gasteiger partial charge on any atom is -0.225 e. The fourth-order valence-corrected chi connectivity index (χ4v) is 3.52. The van der Waals surface area contributed by atoms with Crippen LogP contribution in [0.5, 0.6) is 0 Å². The number of rotatable bonds is 3. The molecule has 3 nitrogen and oxygen atoms in total. The Morgan fingerprint density at radius 2 is 1.18 bits per heavy atom. The van der Waals surface area contributed by atoms with Gasteiger partial charge >= 0.3 is 0 Å². The Morgan fingerprint density at radius 1 is 0.679 bits per heavy atom. The molecule has 0 fully saturated rings. The van der Waals surface area contributed by atoms with Gasteiger partial charge in [0.15, 0.2) is 23.3 Å². The van der Waals surface area contributed by atoms with E-state index in [2.05, 4.69) is 0 Å². The minimum absolute atomic E-state index is 0.426. The Balaban J connectivity index is 2.54. The van der Waals surface area contributed by atoms with Crippen molar-refractivity contribution in [1.82, 2.24) is 0 Å². The van der Waals surface area contributed by atoms with Gasteiger partial charge in [0.05, 0.1) is 4.90 Å². The lowest BCUT2D eigenvalue weighted by Gasteiger charge is -2.16. The summed E-state index contributed by atoms with van der Waals surface area (Å²) in [6.07, 6.45) is 0. The second-order valence-corrected chi connectivity index (χ2v) is 7.24. The van der Waals surface area contributed by atoms with E-state index in [-0.39, 0.29) is 0 Å². The maximum absolute atomic E-state index is 14.6. The number of nitrogens with two attached hydrogens (primary N) is 1. The van der Waals surface area contributed by atoms with Crippen LogP contribution >= 0.6 is 0 Å². The molecule has 0 unspecified atom stereocenters. The lowest BCUT2D eigenvalue weighted by Crippen LogP contribution is -2.14. The van der Waals surface area contributed by atoms with Crippen molar-refractivity contribution in [2.24, 2.45) is 5.14 Å². The standard InChI is InChI=1S/C18H9F6NO2S/c19-9-5-8(6-10(20)7-9)13-14(16(22)18(24)17(23)15(13)21)11-3-1-2-4-12(11)28(25,26)27/h1-7H,(H2,25,26,27). The first kappa shape index (κ1) is 19.9. The Hall–Kier alpha value is -2.85. The molecule has 0 saturated carbocycles. The van der Waals surface area contributed by atoms with Crippen LogP contribution in [-0.4, -0.2) is 8.42 Å². The monoisotopic (exact) mass is 417 g/mol. The van der Waals surface area contributed by atoms with Gasteiger partial charge in [-0.15, -0.1) is 0 Å². The molecule has 146 valence electrons. The van der Waals surface area contributed by atoms with Gasteiger partial charge in [0.1, 0.15) is 11.6 Å². The molecule has 0 spiro atoms. The molecular weight excluding hydrogens is 408 g/mol. The maximum Gasteiger partial charge on any atom is 0.238 e. The molecule has 0 saturated heterocycles. The van der Waals surface area contributed by atoms with Crippen molar-refractivity contribution in [3.63, 3.8) is 0 Å². The van der Waals surface area contributed by atoms with Gasteiger partial charge in [-0.25, -0.2) is 39.9 Å². The maximum atomic E-state index is 14.6. The van der Waals surface area contributed by atoms with Gasteiger partial charge in [-0.2, -0.15) is 0 Å².